The molecule has 1 amide bonds. The van der Waals surface area contributed by atoms with Crippen molar-refractivity contribution < 1.29 is 31.5 Å². The molecule has 1 aromatic heterocycles. The number of benzene rings is 1. The Balaban J connectivity index is 2.04. The number of aromatic amines is 1. The molecule has 3 rings (SSSR count). The summed E-state index contributed by atoms with van der Waals surface area (Å²) in [6.45, 7) is 7.32. The fourth-order valence-electron chi connectivity index (χ4n) is 2.98. The number of aromatic nitrogens is 2. The number of hydrogen-bond donors (Lipinski definition) is 2. The summed E-state index contributed by atoms with van der Waals surface area (Å²) in [7, 11) is -4.18. The molecule has 0 saturated heterocycles. The summed E-state index contributed by atoms with van der Waals surface area (Å²) >= 11 is 0. The molecule has 2 heterocycles. The van der Waals surface area contributed by atoms with Crippen molar-refractivity contribution in [2.24, 2.45) is 0 Å². The van der Waals surface area contributed by atoms with Crippen LogP contribution in [0.4, 0.5) is 20.6 Å². The number of anilines is 2. The second kappa shape index (κ2) is 9.33. The zero-order valence-electron chi connectivity index (χ0n) is 19.2. The SMILES string of the molecule is CC(F)=CC=C(C)S(=O)(=O)N1CC(c2n[nH]c(=O)o2)Oc2ccc(NC(=O)OC(C)(C)C)cc21. The third kappa shape index (κ3) is 5.84. The second-order valence-electron chi connectivity index (χ2n) is 8.43. The van der Waals surface area contributed by atoms with E-state index in [1.54, 1.807) is 20.8 Å². The third-order valence-corrected chi connectivity index (χ3v) is 6.32. The second-order valence-corrected chi connectivity index (χ2v) is 10.5. The van der Waals surface area contributed by atoms with E-state index >= 15 is 0 Å². The Morgan fingerprint density at radius 3 is 2.62 bits per heavy atom. The maximum atomic E-state index is 13.4. The van der Waals surface area contributed by atoms with Gasteiger partial charge in [-0.15, -0.1) is 5.10 Å². The number of ether oxygens (including phenoxy) is 2. The lowest BCUT2D eigenvalue weighted by Gasteiger charge is -2.34. The molecule has 0 saturated carbocycles. The zero-order chi connectivity index (χ0) is 25.3. The fourth-order valence-corrected chi connectivity index (χ4v) is 4.30. The number of carbonyl (C=O) groups is 1. The van der Waals surface area contributed by atoms with Crippen molar-refractivity contribution in [1.29, 1.82) is 0 Å². The van der Waals surface area contributed by atoms with E-state index in [-0.39, 0.29) is 34.5 Å². The third-order valence-electron chi connectivity index (χ3n) is 4.45. The summed E-state index contributed by atoms with van der Waals surface area (Å²) in [4.78, 5) is 23.4. The van der Waals surface area contributed by atoms with Gasteiger partial charge in [-0.25, -0.2) is 27.5 Å². The predicted octanol–water partition coefficient (Wildman–Crippen LogP) is 3.76. The highest BCUT2D eigenvalue weighted by Gasteiger charge is 2.37. The van der Waals surface area contributed by atoms with Crippen LogP contribution in [0.25, 0.3) is 0 Å². The van der Waals surface area contributed by atoms with Gasteiger partial charge in [-0.2, -0.15) is 0 Å². The zero-order valence-corrected chi connectivity index (χ0v) is 20.0. The molecule has 2 N–H and O–H groups in total. The van der Waals surface area contributed by atoms with Crippen LogP contribution in [0, 0.1) is 0 Å². The van der Waals surface area contributed by atoms with Gasteiger partial charge in [0.25, 0.3) is 15.9 Å². The monoisotopic (exact) mass is 496 g/mol. The van der Waals surface area contributed by atoms with Crippen LogP contribution in [-0.2, 0) is 14.8 Å². The molecule has 13 heteroatoms. The van der Waals surface area contributed by atoms with Gasteiger partial charge < -0.3 is 13.9 Å². The normalized spacial score (nSPS) is 17.1. The molecule has 1 aliphatic heterocycles. The highest BCUT2D eigenvalue weighted by Crippen LogP contribution is 2.42. The van der Waals surface area contributed by atoms with Crippen molar-refractivity contribution in [3.05, 3.63) is 57.5 Å². The molecule has 0 radical (unpaired) electrons. The first-order valence-corrected chi connectivity index (χ1v) is 11.6. The molecule has 2 aromatic rings. The smallest absolute Gasteiger partial charge is 0.434 e. The molecule has 34 heavy (non-hydrogen) atoms. The number of rotatable bonds is 5. The highest BCUT2D eigenvalue weighted by atomic mass is 32.2. The van der Waals surface area contributed by atoms with Gasteiger partial charge in [0.05, 0.1) is 23.0 Å². The maximum absolute atomic E-state index is 13.4. The molecule has 0 spiro atoms. The molecular weight excluding hydrogens is 471 g/mol. The Morgan fingerprint density at radius 1 is 1.32 bits per heavy atom. The van der Waals surface area contributed by atoms with E-state index < -0.39 is 39.4 Å². The van der Waals surface area contributed by atoms with Crippen molar-refractivity contribution in [3.8, 4) is 5.75 Å². The number of halogens is 1. The van der Waals surface area contributed by atoms with E-state index in [1.165, 1.54) is 32.0 Å². The van der Waals surface area contributed by atoms with Gasteiger partial charge in [0, 0.05) is 5.69 Å². The van der Waals surface area contributed by atoms with Crippen LogP contribution in [0.15, 0.2) is 50.3 Å². The Bertz CT molecular complexity index is 1300. The summed E-state index contributed by atoms with van der Waals surface area (Å²) in [5.74, 6) is -1.41. The van der Waals surface area contributed by atoms with E-state index in [2.05, 4.69) is 15.5 Å². The Morgan fingerprint density at radius 2 is 2.03 bits per heavy atom. The number of fused-ring (bicyclic) bond motifs is 1. The summed E-state index contributed by atoms with van der Waals surface area (Å²) < 4.78 is 57.0. The minimum absolute atomic E-state index is 0.108. The fraction of sp³-hybridized carbons (Fsp3) is 0.381. The molecule has 184 valence electrons. The predicted molar refractivity (Wildman–Crippen MR) is 122 cm³/mol. The van der Waals surface area contributed by atoms with Crippen LogP contribution in [-0.4, -0.2) is 36.9 Å². The average molecular weight is 497 g/mol. The summed E-state index contributed by atoms with van der Waals surface area (Å²) in [6, 6.07) is 4.35. The van der Waals surface area contributed by atoms with Gasteiger partial charge in [-0.3, -0.25) is 9.62 Å². The van der Waals surface area contributed by atoms with Crippen molar-refractivity contribution in [1.82, 2.24) is 10.2 Å². The molecule has 1 unspecified atom stereocenters. The Labute approximate surface area is 195 Å². The Hall–Kier alpha value is -3.61. The molecule has 1 atom stereocenters. The lowest BCUT2D eigenvalue weighted by molar-refractivity contribution is 0.0636. The number of H-pyrrole nitrogens is 1. The first-order valence-electron chi connectivity index (χ1n) is 10.2. The number of sulfonamides is 1. The average Bonchev–Trinajstić information content (AvgIpc) is 3.15. The molecular formula is C21H25FN4O7S. The summed E-state index contributed by atoms with van der Waals surface area (Å²) in [5.41, 5.74) is -0.374. The standard InChI is InChI=1S/C21H25FN4O7S/c1-12(22)6-7-13(2)34(29,30)26-11-17(18-24-25-20(28)32-18)31-16-9-8-14(10-15(16)26)23-19(27)33-21(3,4)5/h6-10,17H,11H2,1-5H3,(H,23,27)(H,25,28). The number of nitrogens with one attached hydrogen (secondary N) is 2. The van der Waals surface area contributed by atoms with Crippen LogP contribution in [0.2, 0.25) is 0 Å². The minimum Gasteiger partial charge on any atom is -0.476 e. The van der Waals surface area contributed by atoms with Gasteiger partial charge in [0.15, 0.2) is 6.10 Å². The van der Waals surface area contributed by atoms with Crippen molar-refractivity contribution >= 4 is 27.5 Å². The van der Waals surface area contributed by atoms with E-state index in [0.717, 1.165) is 16.5 Å². The number of hydrogen-bond acceptors (Lipinski definition) is 8. The molecule has 0 fully saturated rings. The van der Waals surface area contributed by atoms with Crippen LogP contribution >= 0.6 is 0 Å². The number of amides is 1. The number of allylic oxidation sites excluding steroid dienone is 4. The topological polar surface area (TPSA) is 144 Å². The molecule has 1 aromatic carbocycles. The lowest BCUT2D eigenvalue weighted by atomic mass is 10.2. The van der Waals surface area contributed by atoms with Crippen molar-refractivity contribution in [2.45, 2.75) is 46.3 Å². The van der Waals surface area contributed by atoms with Gasteiger partial charge in [-0.1, -0.05) is 0 Å². The Kier molecular flexibility index (Phi) is 6.87. The lowest BCUT2D eigenvalue weighted by Crippen LogP contribution is -2.40. The van der Waals surface area contributed by atoms with Gasteiger partial charge >= 0.3 is 11.8 Å². The molecule has 1 aliphatic rings. The highest BCUT2D eigenvalue weighted by molar-refractivity contribution is 7.96. The quantitative estimate of drug-likeness (QED) is 0.596. The molecule has 0 bridgehead atoms. The largest absolute Gasteiger partial charge is 0.476 e. The van der Waals surface area contributed by atoms with E-state index in [1.807, 2.05) is 0 Å². The maximum Gasteiger partial charge on any atom is 0.434 e. The van der Waals surface area contributed by atoms with Crippen LogP contribution in [0.3, 0.4) is 0 Å². The van der Waals surface area contributed by atoms with Gasteiger partial charge in [0.1, 0.15) is 11.4 Å². The van der Waals surface area contributed by atoms with E-state index in [9.17, 15) is 22.4 Å². The van der Waals surface area contributed by atoms with E-state index in [0.29, 0.717) is 0 Å². The van der Waals surface area contributed by atoms with E-state index in [4.69, 9.17) is 13.9 Å². The molecule has 11 nitrogen and oxygen atoms in total. The summed E-state index contributed by atoms with van der Waals surface area (Å²) in [6.07, 6.45) is 0.386. The van der Waals surface area contributed by atoms with Gasteiger partial charge in [0.2, 0.25) is 0 Å². The van der Waals surface area contributed by atoms with Crippen LogP contribution in [0.5, 0.6) is 5.75 Å². The van der Waals surface area contributed by atoms with Crippen LogP contribution in [0.1, 0.15) is 46.6 Å². The first-order chi connectivity index (χ1) is 15.8. The first kappa shape index (κ1) is 25.0. The number of nitrogens with zero attached hydrogens (tertiary/aromatic N) is 2. The number of carbonyl (C=O) groups excluding carboxylic acids is 1. The molecule has 0 aliphatic carbocycles. The van der Waals surface area contributed by atoms with Crippen molar-refractivity contribution in [2.75, 3.05) is 16.2 Å². The van der Waals surface area contributed by atoms with Crippen molar-refractivity contribution in [3.63, 3.8) is 0 Å². The van der Waals surface area contributed by atoms with Gasteiger partial charge in [-0.05, 0) is 65.0 Å². The van der Waals surface area contributed by atoms with Crippen LogP contribution < -0.4 is 20.1 Å². The minimum atomic E-state index is -4.18. The summed E-state index contributed by atoms with van der Waals surface area (Å²) in [5, 5.41) is 8.38.